The van der Waals surface area contributed by atoms with Crippen molar-refractivity contribution in [1.82, 2.24) is 9.47 Å². The molecule has 0 aliphatic heterocycles. The van der Waals surface area contributed by atoms with Crippen LogP contribution in [0.4, 0.5) is 10.1 Å². The summed E-state index contributed by atoms with van der Waals surface area (Å²) in [7, 11) is 0. The molecule has 0 atom stereocenters. The van der Waals surface area contributed by atoms with Gasteiger partial charge >= 0.3 is 0 Å². The minimum Gasteiger partial charge on any atom is -0.345 e. The van der Waals surface area contributed by atoms with Gasteiger partial charge < -0.3 is 9.47 Å². The molecule has 6 nitrogen and oxygen atoms in total. The number of nitro groups is 1. The van der Waals surface area contributed by atoms with E-state index >= 15 is 0 Å². The molecule has 1 heterocycles. The van der Waals surface area contributed by atoms with Crippen LogP contribution < -0.4 is 0 Å². The van der Waals surface area contributed by atoms with Crippen LogP contribution in [-0.2, 0) is 13.1 Å². The summed E-state index contributed by atoms with van der Waals surface area (Å²) in [5.41, 5.74) is 2.32. The molecule has 0 aliphatic rings. The summed E-state index contributed by atoms with van der Waals surface area (Å²) >= 11 is 0. The Labute approximate surface area is 174 Å². The van der Waals surface area contributed by atoms with Crippen LogP contribution in [-0.4, -0.2) is 26.8 Å². The summed E-state index contributed by atoms with van der Waals surface area (Å²) < 4.78 is 15.4. The number of amides is 1. The first kappa shape index (κ1) is 21.0. The summed E-state index contributed by atoms with van der Waals surface area (Å²) in [6, 6.07) is 14.6. The highest BCUT2D eigenvalue weighted by Gasteiger charge is 2.20. The Bertz CT molecular complexity index is 1090. The van der Waals surface area contributed by atoms with Crippen LogP contribution in [0.2, 0.25) is 0 Å². The van der Waals surface area contributed by atoms with E-state index in [-0.39, 0.29) is 36.1 Å². The van der Waals surface area contributed by atoms with E-state index in [1.54, 1.807) is 36.1 Å². The van der Waals surface area contributed by atoms with Gasteiger partial charge in [-0.25, -0.2) is 4.39 Å². The third-order valence-corrected chi connectivity index (χ3v) is 4.81. The highest BCUT2D eigenvalue weighted by molar-refractivity contribution is 5.95. The smallest absolute Gasteiger partial charge is 0.273 e. The lowest BCUT2D eigenvalue weighted by molar-refractivity contribution is -0.385. The zero-order valence-corrected chi connectivity index (χ0v) is 16.6. The van der Waals surface area contributed by atoms with E-state index in [4.69, 9.17) is 0 Å². The number of halogens is 1. The minimum absolute atomic E-state index is 0.0890. The van der Waals surface area contributed by atoms with Gasteiger partial charge in [0, 0.05) is 42.2 Å². The van der Waals surface area contributed by atoms with Gasteiger partial charge in [0.25, 0.3) is 11.6 Å². The number of nitrogens with zero attached hydrogens (tertiary/aromatic N) is 3. The normalized spacial score (nSPS) is 10.6. The van der Waals surface area contributed by atoms with Crippen molar-refractivity contribution >= 4 is 11.6 Å². The maximum Gasteiger partial charge on any atom is 0.273 e. The molecular weight excluding hydrogens is 385 g/mol. The molecule has 30 heavy (non-hydrogen) atoms. The van der Waals surface area contributed by atoms with Gasteiger partial charge in [0.1, 0.15) is 5.82 Å². The predicted molar refractivity (Wildman–Crippen MR) is 113 cm³/mol. The topological polar surface area (TPSA) is 68.4 Å². The molecule has 0 saturated carbocycles. The Balaban J connectivity index is 1.84. The number of carbonyl (C=O) groups excluding carboxylic acids is 1. The minimum atomic E-state index is -0.492. The molecule has 0 fully saturated rings. The third kappa shape index (κ3) is 4.81. The summed E-state index contributed by atoms with van der Waals surface area (Å²) in [6.07, 6.45) is 3.48. The largest absolute Gasteiger partial charge is 0.345 e. The highest BCUT2D eigenvalue weighted by Crippen LogP contribution is 2.21. The average molecular weight is 407 g/mol. The number of aryl methyl sites for hydroxylation is 1. The molecule has 0 saturated heterocycles. The van der Waals surface area contributed by atoms with E-state index in [0.29, 0.717) is 12.1 Å². The molecule has 0 spiro atoms. The monoisotopic (exact) mass is 407 g/mol. The van der Waals surface area contributed by atoms with Crippen molar-refractivity contribution in [3.8, 4) is 0 Å². The van der Waals surface area contributed by atoms with Gasteiger partial charge in [0.2, 0.25) is 0 Å². The molecular formula is C23H22FN3O3. The highest BCUT2D eigenvalue weighted by atomic mass is 19.1. The summed E-state index contributed by atoms with van der Waals surface area (Å²) in [5, 5.41) is 11.2. The lowest BCUT2D eigenvalue weighted by atomic mass is 10.1. The van der Waals surface area contributed by atoms with E-state index in [2.05, 4.69) is 6.58 Å². The third-order valence-electron chi connectivity index (χ3n) is 4.81. The van der Waals surface area contributed by atoms with Crippen LogP contribution in [0.1, 0.15) is 27.2 Å². The molecule has 7 heteroatoms. The van der Waals surface area contributed by atoms with Gasteiger partial charge in [0.05, 0.1) is 11.5 Å². The van der Waals surface area contributed by atoms with Crippen molar-refractivity contribution in [1.29, 1.82) is 0 Å². The maximum atomic E-state index is 13.5. The van der Waals surface area contributed by atoms with E-state index in [1.165, 1.54) is 18.2 Å². The fourth-order valence-corrected chi connectivity index (χ4v) is 3.27. The lowest BCUT2D eigenvalue weighted by Crippen LogP contribution is -2.31. The van der Waals surface area contributed by atoms with Crippen LogP contribution >= 0.6 is 0 Å². The van der Waals surface area contributed by atoms with Crippen molar-refractivity contribution in [2.75, 3.05) is 6.54 Å². The van der Waals surface area contributed by atoms with Crippen LogP contribution in [0.25, 0.3) is 0 Å². The number of nitro benzene ring substituents is 1. The van der Waals surface area contributed by atoms with Crippen molar-refractivity contribution < 1.29 is 14.1 Å². The first-order chi connectivity index (χ1) is 14.4. The van der Waals surface area contributed by atoms with Crippen molar-refractivity contribution in [2.45, 2.75) is 20.0 Å². The molecule has 3 rings (SSSR count). The molecule has 1 aromatic heterocycles. The molecule has 3 aromatic rings. The Morgan fingerprint density at radius 1 is 1.23 bits per heavy atom. The van der Waals surface area contributed by atoms with E-state index in [0.717, 1.165) is 11.3 Å². The zero-order valence-electron chi connectivity index (χ0n) is 16.6. The number of carbonyl (C=O) groups is 1. The zero-order chi connectivity index (χ0) is 21.7. The van der Waals surface area contributed by atoms with Gasteiger partial charge in [0.15, 0.2) is 0 Å². The van der Waals surface area contributed by atoms with Crippen LogP contribution in [0.5, 0.6) is 0 Å². The first-order valence-corrected chi connectivity index (χ1v) is 9.42. The molecule has 0 unspecified atom stereocenters. The average Bonchev–Trinajstić information content (AvgIpc) is 3.14. The molecule has 0 N–H and O–H groups in total. The fraction of sp³-hybridized carbons (Fsp3) is 0.174. The second kappa shape index (κ2) is 9.17. The Morgan fingerprint density at radius 2 is 2.03 bits per heavy atom. The molecule has 0 bridgehead atoms. The van der Waals surface area contributed by atoms with E-state index in [9.17, 15) is 19.3 Å². The molecule has 1 amide bonds. The molecule has 0 radical (unpaired) electrons. The number of rotatable bonds is 8. The first-order valence-electron chi connectivity index (χ1n) is 9.42. The van der Waals surface area contributed by atoms with Crippen molar-refractivity contribution in [3.05, 3.63) is 112 Å². The summed E-state index contributed by atoms with van der Waals surface area (Å²) in [6.45, 7) is 6.38. The van der Waals surface area contributed by atoms with Gasteiger partial charge in [-0.2, -0.15) is 0 Å². The predicted octanol–water partition coefficient (Wildman–Crippen LogP) is 4.72. The van der Waals surface area contributed by atoms with E-state index in [1.807, 2.05) is 29.0 Å². The summed E-state index contributed by atoms with van der Waals surface area (Å²) in [5.74, 6) is -0.623. The van der Waals surface area contributed by atoms with Crippen LogP contribution in [0, 0.1) is 22.9 Å². The standard InChI is InChI=1S/C23H22FN3O3/c1-3-11-26(23(28)19-10-9-17(2)22(14-19)27(29)30)16-21-8-5-12-25(21)15-18-6-4-7-20(24)13-18/h3-10,12-14H,1,11,15-16H2,2H3. The molecule has 154 valence electrons. The second-order valence-electron chi connectivity index (χ2n) is 6.99. The Kier molecular flexibility index (Phi) is 6.41. The SMILES string of the molecule is C=CCN(Cc1cccn1Cc1cccc(F)c1)C(=O)c1ccc(C)c([N+](=O)[O-])c1. The number of aromatic nitrogens is 1. The lowest BCUT2D eigenvalue weighted by Gasteiger charge is -2.22. The second-order valence-corrected chi connectivity index (χ2v) is 6.99. The Hall–Kier alpha value is -3.74. The number of benzene rings is 2. The van der Waals surface area contributed by atoms with Gasteiger partial charge in [-0.05, 0) is 42.8 Å². The van der Waals surface area contributed by atoms with Crippen molar-refractivity contribution in [3.63, 3.8) is 0 Å². The van der Waals surface area contributed by atoms with Crippen molar-refractivity contribution in [2.24, 2.45) is 0 Å². The van der Waals surface area contributed by atoms with Gasteiger partial charge in [-0.3, -0.25) is 14.9 Å². The fourth-order valence-electron chi connectivity index (χ4n) is 3.27. The number of hydrogen-bond acceptors (Lipinski definition) is 3. The molecule has 2 aromatic carbocycles. The van der Waals surface area contributed by atoms with Crippen LogP contribution in [0.15, 0.2) is 73.4 Å². The van der Waals surface area contributed by atoms with E-state index < -0.39 is 4.92 Å². The van der Waals surface area contributed by atoms with Gasteiger partial charge in [-0.1, -0.05) is 24.3 Å². The number of hydrogen-bond donors (Lipinski definition) is 0. The van der Waals surface area contributed by atoms with Crippen LogP contribution in [0.3, 0.4) is 0 Å². The molecule has 0 aliphatic carbocycles. The Morgan fingerprint density at radius 3 is 2.73 bits per heavy atom. The summed E-state index contributed by atoms with van der Waals surface area (Å²) in [4.78, 5) is 25.4. The van der Waals surface area contributed by atoms with Gasteiger partial charge in [-0.15, -0.1) is 6.58 Å². The quantitative estimate of drug-likeness (QED) is 0.308. The maximum absolute atomic E-state index is 13.5.